The normalized spacial score (nSPS) is 31.3. The molecule has 2 heterocycles. The minimum absolute atomic E-state index is 0.180. The van der Waals surface area contributed by atoms with E-state index >= 15 is 0 Å². The third kappa shape index (κ3) is 1.83. The fraction of sp³-hybridized carbons (Fsp3) is 0.571. The van der Waals surface area contributed by atoms with Crippen molar-refractivity contribution < 1.29 is 9.84 Å². The highest BCUT2D eigenvalue weighted by Crippen LogP contribution is 2.42. The summed E-state index contributed by atoms with van der Waals surface area (Å²) in [5, 5.41) is 13.6. The summed E-state index contributed by atoms with van der Waals surface area (Å²) in [4.78, 5) is 0. The Kier molecular flexibility index (Phi) is 2.60. The SMILES string of the molecule is CCc1ccc2c(c1)C(O)CC1(CCNC1)O2. The molecule has 1 aromatic rings. The van der Waals surface area contributed by atoms with E-state index in [0.29, 0.717) is 6.42 Å². The van der Waals surface area contributed by atoms with Crippen molar-refractivity contribution in [1.29, 1.82) is 0 Å². The summed E-state index contributed by atoms with van der Waals surface area (Å²) >= 11 is 0. The molecular weight excluding hydrogens is 214 g/mol. The molecule has 0 amide bonds. The molecule has 1 saturated heterocycles. The Morgan fingerprint density at radius 3 is 3.12 bits per heavy atom. The van der Waals surface area contributed by atoms with Gasteiger partial charge in [-0.15, -0.1) is 0 Å². The number of benzene rings is 1. The first kappa shape index (κ1) is 11.1. The minimum Gasteiger partial charge on any atom is -0.485 e. The first-order valence-electron chi connectivity index (χ1n) is 6.43. The molecule has 92 valence electrons. The van der Waals surface area contributed by atoms with Crippen LogP contribution in [0, 0.1) is 0 Å². The van der Waals surface area contributed by atoms with Gasteiger partial charge in [0.1, 0.15) is 11.4 Å². The summed E-state index contributed by atoms with van der Waals surface area (Å²) in [6.45, 7) is 3.95. The second-order valence-corrected chi connectivity index (χ2v) is 5.16. The molecule has 2 aliphatic rings. The standard InChI is InChI=1S/C14H19NO2/c1-2-10-3-4-13-11(7-10)12(16)8-14(17-13)5-6-15-9-14/h3-4,7,12,15-16H,2,5-6,8-9H2,1H3. The maximum Gasteiger partial charge on any atom is 0.126 e. The molecule has 17 heavy (non-hydrogen) atoms. The maximum atomic E-state index is 10.3. The van der Waals surface area contributed by atoms with Gasteiger partial charge in [0.05, 0.1) is 6.10 Å². The van der Waals surface area contributed by atoms with Gasteiger partial charge < -0.3 is 15.2 Å². The number of aliphatic hydroxyl groups excluding tert-OH is 1. The lowest BCUT2D eigenvalue weighted by atomic mass is 9.87. The van der Waals surface area contributed by atoms with Gasteiger partial charge >= 0.3 is 0 Å². The van der Waals surface area contributed by atoms with Crippen molar-refractivity contribution in [2.75, 3.05) is 13.1 Å². The summed E-state index contributed by atoms with van der Waals surface area (Å²) in [5.74, 6) is 0.865. The van der Waals surface area contributed by atoms with Crippen LogP contribution in [0.1, 0.15) is 37.0 Å². The number of ether oxygens (including phenoxy) is 1. The van der Waals surface area contributed by atoms with E-state index in [-0.39, 0.29) is 11.7 Å². The molecule has 2 aliphatic heterocycles. The fourth-order valence-corrected chi connectivity index (χ4v) is 2.89. The van der Waals surface area contributed by atoms with E-state index in [4.69, 9.17) is 4.74 Å². The van der Waals surface area contributed by atoms with E-state index in [9.17, 15) is 5.11 Å². The zero-order valence-corrected chi connectivity index (χ0v) is 10.2. The molecule has 2 N–H and O–H groups in total. The van der Waals surface area contributed by atoms with Crippen molar-refractivity contribution >= 4 is 0 Å². The number of aryl methyl sites for hydroxylation is 1. The van der Waals surface area contributed by atoms with E-state index in [1.807, 2.05) is 6.07 Å². The molecule has 3 heteroatoms. The van der Waals surface area contributed by atoms with Gasteiger partial charge in [0.25, 0.3) is 0 Å². The van der Waals surface area contributed by atoms with Crippen LogP contribution in [0.5, 0.6) is 5.75 Å². The molecule has 1 spiro atoms. The summed E-state index contributed by atoms with van der Waals surface area (Å²) in [7, 11) is 0. The van der Waals surface area contributed by atoms with Crippen LogP contribution in [0.3, 0.4) is 0 Å². The molecule has 0 aromatic heterocycles. The summed E-state index contributed by atoms with van der Waals surface area (Å²) in [5.41, 5.74) is 2.04. The number of fused-ring (bicyclic) bond motifs is 1. The van der Waals surface area contributed by atoms with Gasteiger partial charge in [-0.25, -0.2) is 0 Å². The maximum absolute atomic E-state index is 10.3. The average molecular weight is 233 g/mol. The lowest BCUT2D eigenvalue weighted by Crippen LogP contribution is -2.43. The van der Waals surface area contributed by atoms with E-state index in [1.54, 1.807) is 0 Å². The van der Waals surface area contributed by atoms with Gasteiger partial charge in [-0.1, -0.05) is 13.0 Å². The van der Waals surface area contributed by atoms with Gasteiger partial charge in [0.2, 0.25) is 0 Å². The molecule has 0 saturated carbocycles. The topological polar surface area (TPSA) is 41.5 Å². The summed E-state index contributed by atoms with van der Waals surface area (Å²) in [6, 6.07) is 6.18. The highest BCUT2D eigenvalue weighted by atomic mass is 16.5. The molecular formula is C14H19NO2. The molecule has 0 radical (unpaired) electrons. The van der Waals surface area contributed by atoms with E-state index in [0.717, 1.165) is 37.2 Å². The van der Waals surface area contributed by atoms with Crippen molar-refractivity contribution in [2.24, 2.45) is 0 Å². The molecule has 2 atom stereocenters. The Bertz CT molecular complexity index is 424. The minimum atomic E-state index is -0.384. The van der Waals surface area contributed by atoms with Crippen LogP contribution in [-0.4, -0.2) is 23.8 Å². The van der Waals surface area contributed by atoms with E-state index in [1.165, 1.54) is 5.56 Å². The average Bonchev–Trinajstić information content (AvgIpc) is 2.77. The van der Waals surface area contributed by atoms with Crippen molar-refractivity contribution in [2.45, 2.75) is 37.9 Å². The predicted molar refractivity (Wildman–Crippen MR) is 66.2 cm³/mol. The molecule has 2 unspecified atom stereocenters. The van der Waals surface area contributed by atoms with E-state index in [2.05, 4.69) is 24.4 Å². The summed E-state index contributed by atoms with van der Waals surface area (Å²) < 4.78 is 6.13. The zero-order valence-electron chi connectivity index (χ0n) is 10.2. The third-order valence-electron chi connectivity index (χ3n) is 3.94. The Hall–Kier alpha value is -1.06. The van der Waals surface area contributed by atoms with Crippen LogP contribution < -0.4 is 10.1 Å². The van der Waals surface area contributed by atoms with Crippen molar-refractivity contribution in [3.63, 3.8) is 0 Å². The molecule has 3 nitrogen and oxygen atoms in total. The Morgan fingerprint density at radius 1 is 1.53 bits per heavy atom. The number of aliphatic hydroxyl groups is 1. The predicted octanol–water partition coefficient (Wildman–Crippen LogP) is 1.80. The van der Waals surface area contributed by atoms with Gasteiger partial charge in [-0.3, -0.25) is 0 Å². The number of hydrogen-bond donors (Lipinski definition) is 2. The molecule has 1 aromatic carbocycles. The highest BCUT2D eigenvalue weighted by Gasteiger charge is 2.42. The van der Waals surface area contributed by atoms with Crippen LogP contribution in [0.4, 0.5) is 0 Å². The lowest BCUT2D eigenvalue weighted by molar-refractivity contribution is -0.000343. The van der Waals surface area contributed by atoms with Crippen LogP contribution in [0.2, 0.25) is 0 Å². The van der Waals surface area contributed by atoms with Crippen LogP contribution in [0.15, 0.2) is 18.2 Å². The highest BCUT2D eigenvalue weighted by molar-refractivity contribution is 5.41. The molecule has 0 bridgehead atoms. The van der Waals surface area contributed by atoms with Gasteiger partial charge in [0.15, 0.2) is 0 Å². The van der Waals surface area contributed by atoms with Crippen molar-refractivity contribution in [1.82, 2.24) is 5.32 Å². The monoisotopic (exact) mass is 233 g/mol. The first-order chi connectivity index (χ1) is 8.22. The first-order valence-corrected chi connectivity index (χ1v) is 6.43. The Morgan fingerprint density at radius 2 is 2.41 bits per heavy atom. The third-order valence-corrected chi connectivity index (χ3v) is 3.94. The quantitative estimate of drug-likeness (QED) is 0.777. The molecule has 3 rings (SSSR count). The van der Waals surface area contributed by atoms with Crippen LogP contribution in [-0.2, 0) is 6.42 Å². The van der Waals surface area contributed by atoms with Gasteiger partial charge in [-0.05, 0) is 30.7 Å². The Balaban J connectivity index is 1.96. The second-order valence-electron chi connectivity index (χ2n) is 5.16. The molecule has 0 aliphatic carbocycles. The van der Waals surface area contributed by atoms with Crippen molar-refractivity contribution in [3.05, 3.63) is 29.3 Å². The number of hydrogen-bond acceptors (Lipinski definition) is 3. The second kappa shape index (κ2) is 4.00. The zero-order chi connectivity index (χ0) is 11.9. The van der Waals surface area contributed by atoms with Crippen molar-refractivity contribution in [3.8, 4) is 5.75 Å². The largest absolute Gasteiger partial charge is 0.485 e. The van der Waals surface area contributed by atoms with Gasteiger partial charge in [-0.2, -0.15) is 0 Å². The number of nitrogens with one attached hydrogen (secondary N) is 1. The van der Waals surface area contributed by atoms with Crippen LogP contribution >= 0.6 is 0 Å². The fourth-order valence-electron chi connectivity index (χ4n) is 2.89. The smallest absolute Gasteiger partial charge is 0.126 e. The lowest BCUT2D eigenvalue weighted by Gasteiger charge is -2.37. The van der Waals surface area contributed by atoms with Crippen LogP contribution in [0.25, 0.3) is 0 Å². The van der Waals surface area contributed by atoms with Gasteiger partial charge in [0, 0.05) is 24.9 Å². The molecule has 1 fully saturated rings. The Labute approximate surface area is 102 Å². The summed E-state index contributed by atoms with van der Waals surface area (Å²) in [6.07, 6.45) is 2.30. The number of rotatable bonds is 1. The van der Waals surface area contributed by atoms with E-state index < -0.39 is 0 Å².